The third kappa shape index (κ3) is 3.89. The molecule has 0 aliphatic heterocycles. The first-order valence-corrected chi connectivity index (χ1v) is 5.04. The monoisotopic (exact) mass is 274 g/mol. The number of hydrogen-bond acceptors (Lipinski definition) is 3. The van der Waals surface area contributed by atoms with Gasteiger partial charge >= 0.3 is 5.97 Å². The molecule has 82 valence electrons. The van der Waals surface area contributed by atoms with Gasteiger partial charge in [0.2, 0.25) is 0 Å². The number of carboxylic acids is 1. The first-order chi connectivity index (χ1) is 7.13. The van der Waals surface area contributed by atoms with E-state index >= 15 is 0 Å². The number of halogens is 1. The number of carboxylic acid groups (broad SMARTS) is 1. The molecule has 0 aliphatic rings. The largest absolute Gasteiger partial charge is 0.497 e. The molecule has 5 heteroatoms. The molecule has 1 rings (SSSR count). The van der Waals surface area contributed by atoms with E-state index in [2.05, 4.69) is 15.9 Å². The van der Waals surface area contributed by atoms with Crippen molar-refractivity contribution in [3.8, 4) is 5.75 Å². The summed E-state index contributed by atoms with van der Waals surface area (Å²) >= 11 is 3.34. The molecule has 0 saturated carbocycles. The summed E-state index contributed by atoms with van der Waals surface area (Å²) in [4.78, 5) is 10.2. The molecule has 0 aliphatic carbocycles. The number of benzene rings is 1. The molecule has 0 unspecified atom stereocenters. The predicted octanol–water partition coefficient (Wildman–Crippen LogP) is 2.06. The fourth-order valence-corrected chi connectivity index (χ4v) is 1.40. The zero-order valence-corrected chi connectivity index (χ0v) is 9.78. The van der Waals surface area contributed by atoms with Gasteiger partial charge < -0.3 is 14.6 Å². The summed E-state index contributed by atoms with van der Waals surface area (Å²) in [5.41, 5.74) is 0.857. The SMILES string of the molecule is COc1ccc(Br)c(COCC(=O)O)c1. The van der Waals surface area contributed by atoms with Gasteiger partial charge in [-0.2, -0.15) is 0 Å². The van der Waals surface area contributed by atoms with Crippen molar-refractivity contribution >= 4 is 21.9 Å². The van der Waals surface area contributed by atoms with E-state index in [0.29, 0.717) is 5.75 Å². The third-order valence-corrected chi connectivity index (χ3v) is 2.51. The Kier molecular flexibility index (Phi) is 4.58. The Hall–Kier alpha value is -1.07. The van der Waals surface area contributed by atoms with Gasteiger partial charge in [-0.3, -0.25) is 0 Å². The van der Waals surface area contributed by atoms with E-state index in [1.165, 1.54) is 0 Å². The molecule has 0 heterocycles. The van der Waals surface area contributed by atoms with Crippen LogP contribution in [0.4, 0.5) is 0 Å². The summed E-state index contributed by atoms with van der Waals surface area (Å²) in [7, 11) is 1.57. The number of rotatable bonds is 5. The lowest BCUT2D eigenvalue weighted by molar-refractivity contribution is -0.142. The van der Waals surface area contributed by atoms with Crippen molar-refractivity contribution in [2.45, 2.75) is 6.61 Å². The Balaban J connectivity index is 2.62. The molecule has 0 atom stereocenters. The normalized spacial score (nSPS) is 10.0. The number of carbonyl (C=O) groups is 1. The van der Waals surface area contributed by atoms with E-state index in [4.69, 9.17) is 14.6 Å². The van der Waals surface area contributed by atoms with Crippen LogP contribution in [0.5, 0.6) is 5.75 Å². The highest BCUT2D eigenvalue weighted by Crippen LogP contribution is 2.22. The van der Waals surface area contributed by atoms with Crippen LogP contribution < -0.4 is 4.74 Å². The topological polar surface area (TPSA) is 55.8 Å². The Morgan fingerprint density at radius 3 is 2.87 bits per heavy atom. The van der Waals surface area contributed by atoms with Crippen molar-refractivity contribution in [3.63, 3.8) is 0 Å². The number of ether oxygens (including phenoxy) is 2. The van der Waals surface area contributed by atoms with Crippen LogP contribution >= 0.6 is 15.9 Å². The Bertz CT molecular complexity index is 351. The van der Waals surface area contributed by atoms with Gasteiger partial charge in [0.25, 0.3) is 0 Å². The maximum atomic E-state index is 10.2. The summed E-state index contributed by atoms with van der Waals surface area (Å²) < 4.78 is 10.9. The molecular formula is C10H11BrO4. The highest BCUT2D eigenvalue weighted by Gasteiger charge is 2.03. The van der Waals surface area contributed by atoms with Gasteiger partial charge in [-0.25, -0.2) is 4.79 Å². The average molecular weight is 275 g/mol. The van der Waals surface area contributed by atoms with Crippen LogP contribution in [0.3, 0.4) is 0 Å². The minimum Gasteiger partial charge on any atom is -0.497 e. The summed E-state index contributed by atoms with van der Waals surface area (Å²) in [6.45, 7) is -0.0618. The fourth-order valence-electron chi connectivity index (χ4n) is 1.04. The second-order valence-corrected chi connectivity index (χ2v) is 3.70. The second kappa shape index (κ2) is 5.72. The van der Waals surface area contributed by atoms with E-state index in [-0.39, 0.29) is 13.2 Å². The smallest absolute Gasteiger partial charge is 0.329 e. The molecule has 0 fully saturated rings. The standard InChI is InChI=1S/C10H11BrO4/c1-14-8-2-3-9(11)7(4-8)5-15-6-10(12)13/h2-4H,5-6H2,1H3,(H,12,13). The number of hydrogen-bond donors (Lipinski definition) is 1. The molecule has 0 amide bonds. The lowest BCUT2D eigenvalue weighted by Crippen LogP contribution is -2.06. The molecule has 0 saturated heterocycles. The van der Waals surface area contributed by atoms with E-state index in [0.717, 1.165) is 10.0 Å². The van der Waals surface area contributed by atoms with E-state index in [9.17, 15) is 4.79 Å². The quantitative estimate of drug-likeness (QED) is 0.893. The van der Waals surface area contributed by atoms with Gasteiger partial charge in [-0.15, -0.1) is 0 Å². The highest BCUT2D eigenvalue weighted by atomic mass is 79.9. The average Bonchev–Trinajstić information content (AvgIpc) is 2.20. The first-order valence-electron chi connectivity index (χ1n) is 4.25. The lowest BCUT2D eigenvalue weighted by Gasteiger charge is -2.07. The zero-order valence-electron chi connectivity index (χ0n) is 8.20. The Morgan fingerprint density at radius 2 is 2.27 bits per heavy atom. The third-order valence-electron chi connectivity index (χ3n) is 1.74. The van der Waals surface area contributed by atoms with Crippen LogP contribution in [0.1, 0.15) is 5.56 Å². The minimum absolute atomic E-state index is 0.240. The first kappa shape index (κ1) is 12.0. The van der Waals surface area contributed by atoms with Gasteiger partial charge in [0.1, 0.15) is 12.4 Å². The Labute approximate surface area is 95.9 Å². The number of methoxy groups -OCH3 is 1. The van der Waals surface area contributed by atoms with Crippen LogP contribution in [0.25, 0.3) is 0 Å². The van der Waals surface area contributed by atoms with Crippen molar-refractivity contribution in [2.24, 2.45) is 0 Å². The van der Waals surface area contributed by atoms with Gasteiger partial charge in [-0.05, 0) is 23.8 Å². The highest BCUT2D eigenvalue weighted by molar-refractivity contribution is 9.10. The molecule has 4 nitrogen and oxygen atoms in total. The molecule has 15 heavy (non-hydrogen) atoms. The second-order valence-electron chi connectivity index (χ2n) is 2.84. The molecule has 1 aromatic carbocycles. The van der Waals surface area contributed by atoms with Gasteiger partial charge in [0.15, 0.2) is 0 Å². The van der Waals surface area contributed by atoms with Crippen molar-refractivity contribution in [1.29, 1.82) is 0 Å². The minimum atomic E-state index is -0.978. The maximum Gasteiger partial charge on any atom is 0.329 e. The van der Waals surface area contributed by atoms with Crippen molar-refractivity contribution in [3.05, 3.63) is 28.2 Å². The van der Waals surface area contributed by atoms with E-state index in [1.807, 2.05) is 12.1 Å². The van der Waals surface area contributed by atoms with E-state index < -0.39 is 5.97 Å². The molecule has 1 N–H and O–H groups in total. The van der Waals surface area contributed by atoms with Crippen molar-refractivity contribution < 1.29 is 19.4 Å². The molecular weight excluding hydrogens is 264 g/mol. The molecule has 0 bridgehead atoms. The van der Waals surface area contributed by atoms with Gasteiger partial charge in [-0.1, -0.05) is 15.9 Å². The summed E-state index contributed by atoms with van der Waals surface area (Å²) in [5.74, 6) is -0.263. The molecule has 0 radical (unpaired) electrons. The van der Waals surface area contributed by atoms with Crippen LogP contribution in [0.15, 0.2) is 22.7 Å². The fraction of sp³-hybridized carbons (Fsp3) is 0.300. The molecule has 0 aromatic heterocycles. The summed E-state index contributed by atoms with van der Waals surface area (Å²) in [6, 6.07) is 5.44. The van der Waals surface area contributed by atoms with Gasteiger partial charge in [0, 0.05) is 4.47 Å². The zero-order chi connectivity index (χ0) is 11.3. The molecule has 1 aromatic rings. The van der Waals surface area contributed by atoms with Crippen molar-refractivity contribution in [1.82, 2.24) is 0 Å². The van der Waals surface area contributed by atoms with Crippen LogP contribution in [-0.2, 0) is 16.1 Å². The van der Waals surface area contributed by atoms with Crippen molar-refractivity contribution in [2.75, 3.05) is 13.7 Å². The lowest BCUT2D eigenvalue weighted by atomic mass is 10.2. The maximum absolute atomic E-state index is 10.2. The Morgan fingerprint density at radius 1 is 1.53 bits per heavy atom. The summed E-state index contributed by atoms with van der Waals surface area (Å²) in [6.07, 6.45) is 0. The van der Waals surface area contributed by atoms with Crippen LogP contribution in [0.2, 0.25) is 0 Å². The van der Waals surface area contributed by atoms with E-state index in [1.54, 1.807) is 13.2 Å². The van der Waals surface area contributed by atoms with Crippen LogP contribution in [0, 0.1) is 0 Å². The molecule has 0 spiro atoms. The van der Waals surface area contributed by atoms with Gasteiger partial charge in [0.05, 0.1) is 13.7 Å². The number of aliphatic carboxylic acids is 1. The predicted molar refractivity (Wildman–Crippen MR) is 58.0 cm³/mol. The van der Waals surface area contributed by atoms with Crippen LogP contribution in [-0.4, -0.2) is 24.8 Å². The summed E-state index contributed by atoms with van der Waals surface area (Å²) in [5, 5.41) is 8.40.